The van der Waals surface area contributed by atoms with Crippen molar-refractivity contribution in [1.29, 1.82) is 0 Å². The second-order valence-electron chi connectivity index (χ2n) is 6.39. The van der Waals surface area contributed by atoms with Crippen molar-refractivity contribution in [3.05, 3.63) is 77.6 Å². The maximum absolute atomic E-state index is 12.6. The summed E-state index contributed by atoms with van der Waals surface area (Å²) in [5.41, 5.74) is 2.02. The Morgan fingerprint density at radius 1 is 1.00 bits per heavy atom. The van der Waals surface area contributed by atoms with Crippen LogP contribution in [0.4, 0.5) is 5.69 Å². The Labute approximate surface area is 175 Å². The smallest absolute Gasteiger partial charge is 0.256 e. The highest BCUT2D eigenvalue weighted by Gasteiger charge is 2.23. The van der Waals surface area contributed by atoms with E-state index in [-0.39, 0.29) is 5.91 Å². The average molecular weight is 411 g/mol. The van der Waals surface area contributed by atoms with Crippen molar-refractivity contribution < 1.29 is 4.79 Å². The van der Waals surface area contributed by atoms with Gasteiger partial charge < -0.3 is 20.9 Å². The first-order valence-corrected chi connectivity index (χ1v) is 9.84. The molecule has 1 saturated heterocycles. The zero-order valence-corrected chi connectivity index (χ0v) is 17.2. The van der Waals surface area contributed by atoms with Crippen LogP contribution in [0.5, 0.6) is 0 Å². The Balaban J connectivity index is 1.87. The van der Waals surface area contributed by atoms with Crippen LogP contribution in [-0.2, 0) is 0 Å². The molecule has 0 aliphatic carbocycles. The summed E-state index contributed by atoms with van der Waals surface area (Å²) in [5, 5.41) is 9.41. The van der Waals surface area contributed by atoms with Crippen molar-refractivity contribution in [3.8, 4) is 0 Å². The number of para-hydroxylation sites is 1. The van der Waals surface area contributed by atoms with Crippen LogP contribution in [0, 0.1) is 0 Å². The van der Waals surface area contributed by atoms with Gasteiger partial charge in [0.05, 0.1) is 5.57 Å². The first kappa shape index (κ1) is 20.0. The second-order valence-corrected chi connectivity index (χ2v) is 7.21. The molecule has 3 rings (SSSR count). The molecule has 0 saturated carbocycles. The summed E-state index contributed by atoms with van der Waals surface area (Å²) >= 11 is 11.3. The number of amides is 1. The molecule has 144 valence electrons. The van der Waals surface area contributed by atoms with Gasteiger partial charge in [0, 0.05) is 31.4 Å². The largest absolute Gasteiger partial charge is 0.371 e. The molecule has 2 aromatic rings. The van der Waals surface area contributed by atoms with Crippen LogP contribution in [0.2, 0.25) is 0 Å². The van der Waals surface area contributed by atoms with Crippen molar-refractivity contribution in [2.75, 3.05) is 25.5 Å². The van der Waals surface area contributed by atoms with Crippen molar-refractivity contribution in [3.63, 3.8) is 0 Å². The van der Waals surface area contributed by atoms with Crippen LogP contribution in [-0.4, -0.2) is 40.9 Å². The zero-order valence-electron chi connectivity index (χ0n) is 15.6. The molecule has 1 fully saturated rings. The molecule has 0 spiro atoms. The third kappa shape index (κ3) is 4.94. The maximum atomic E-state index is 12.6. The molecule has 0 radical (unpaired) electrons. The topological polar surface area (TPSA) is 56.4 Å². The summed E-state index contributed by atoms with van der Waals surface area (Å²) in [5.74, 6) is 0.558. The number of hydrogen-bond acceptors (Lipinski definition) is 5. The van der Waals surface area contributed by atoms with Crippen molar-refractivity contribution in [2.45, 2.75) is 6.42 Å². The molecule has 0 unspecified atom stereocenters. The van der Waals surface area contributed by atoms with Crippen LogP contribution in [0.3, 0.4) is 0 Å². The van der Waals surface area contributed by atoms with Gasteiger partial charge in [-0.3, -0.25) is 4.79 Å². The number of benzene rings is 2. The fourth-order valence-electron chi connectivity index (χ4n) is 2.91. The lowest BCUT2D eigenvalue weighted by atomic mass is 10.1. The van der Waals surface area contributed by atoms with E-state index in [9.17, 15) is 4.79 Å². The highest BCUT2D eigenvalue weighted by molar-refractivity contribution is 7.83. The molecule has 3 N–H and O–H groups in total. The minimum absolute atomic E-state index is 0.260. The first-order valence-electron chi connectivity index (χ1n) is 9.02. The van der Waals surface area contributed by atoms with Crippen LogP contribution in [0.25, 0.3) is 0 Å². The number of carbonyl (C=O) groups is 1. The quantitative estimate of drug-likeness (QED) is 0.531. The van der Waals surface area contributed by atoms with Gasteiger partial charge in [0.15, 0.2) is 0 Å². The van der Waals surface area contributed by atoms with Gasteiger partial charge in [0.25, 0.3) is 5.91 Å². The molecular formula is C21H22N4OS2. The fourth-order valence-corrected chi connectivity index (χ4v) is 3.58. The lowest BCUT2D eigenvalue weighted by Crippen LogP contribution is -2.43. The van der Waals surface area contributed by atoms with Gasteiger partial charge in [-0.2, -0.15) is 0 Å². The molecule has 2 aromatic carbocycles. The van der Waals surface area contributed by atoms with E-state index < -0.39 is 0 Å². The molecule has 1 heterocycles. The van der Waals surface area contributed by atoms with Crippen molar-refractivity contribution in [2.24, 2.45) is 0 Å². The zero-order chi connectivity index (χ0) is 19.9. The minimum atomic E-state index is -0.260. The van der Waals surface area contributed by atoms with E-state index in [2.05, 4.69) is 20.9 Å². The predicted octanol–water partition coefficient (Wildman–Crippen LogP) is 3.32. The Bertz CT molecular complexity index is 897. The average Bonchev–Trinajstić information content (AvgIpc) is 2.71. The third-order valence-corrected chi connectivity index (χ3v) is 4.94. The Morgan fingerprint density at radius 2 is 1.64 bits per heavy atom. The summed E-state index contributed by atoms with van der Waals surface area (Å²) < 4.78 is 0. The van der Waals surface area contributed by atoms with Crippen LogP contribution in [0.1, 0.15) is 16.8 Å². The number of rotatable bonds is 4. The molecule has 1 aliphatic rings. The fraction of sp³-hybridized carbons (Fsp3) is 0.190. The summed E-state index contributed by atoms with van der Waals surface area (Å²) in [6, 6.07) is 18.6. The van der Waals surface area contributed by atoms with E-state index in [1.165, 1.54) is 0 Å². The SMILES string of the molecule is CN1CCCN/C1=C(/C(=S)NC(=O)c1ccccc1)C(=S)Nc1ccccc1. The van der Waals surface area contributed by atoms with Gasteiger partial charge in [-0.25, -0.2) is 0 Å². The molecule has 5 nitrogen and oxygen atoms in total. The number of nitrogens with zero attached hydrogens (tertiary/aromatic N) is 1. The number of anilines is 1. The van der Waals surface area contributed by atoms with Gasteiger partial charge in [-0.1, -0.05) is 60.8 Å². The molecule has 0 aromatic heterocycles. The summed E-state index contributed by atoms with van der Waals surface area (Å²) in [6.45, 7) is 1.71. The third-order valence-electron chi connectivity index (χ3n) is 4.33. The van der Waals surface area contributed by atoms with E-state index in [1.54, 1.807) is 12.1 Å². The van der Waals surface area contributed by atoms with E-state index in [1.807, 2.05) is 55.6 Å². The van der Waals surface area contributed by atoms with E-state index in [4.69, 9.17) is 24.4 Å². The lowest BCUT2D eigenvalue weighted by molar-refractivity contribution is 0.0978. The molecule has 0 atom stereocenters. The predicted molar refractivity (Wildman–Crippen MR) is 121 cm³/mol. The van der Waals surface area contributed by atoms with Crippen molar-refractivity contribution in [1.82, 2.24) is 15.5 Å². The summed E-state index contributed by atoms with van der Waals surface area (Å²) in [4.78, 5) is 15.4. The Morgan fingerprint density at radius 3 is 2.29 bits per heavy atom. The summed E-state index contributed by atoms with van der Waals surface area (Å²) in [7, 11) is 1.98. The number of carbonyl (C=O) groups excluding carboxylic acids is 1. The highest BCUT2D eigenvalue weighted by Crippen LogP contribution is 2.17. The monoisotopic (exact) mass is 410 g/mol. The number of thiocarbonyl (C=S) groups is 2. The number of hydrogen-bond donors (Lipinski definition) is 3. The van der Waals surface area contributed by atoms with Crippen LogP contribution < -0.4 is 16.0 Å². The van der Waals surface area contributed by atoms with Crippen LogP contribution >= 0.6 is 24.4 Å². The number of nitrogens with one attached hydrogen (secondary N) is 3. The Kier molecular flexibility index (Phi) is 6.73. The first-order chi connectivity index (χ1) is 13.6. The normalized spacial score (nSPS) is 15.2. The molecule has 1 amide bonds. The molecule has 7 heteroatoms. The van der Waals surface area contributed by atoms with Gasteiger partial charge in [-0.15, -0.1) is 0 Å². The lowest BCUT2D eigenvalue weighted by Gasteiger charge is -2.32. The molecule has 0 bridgehead atoms. The van der Waals surface area contributed by atoms with Gasteiger partial charge in [-0.05, 0) is 30.7 Å². The van der Waals surface area contributed by atoms with Gasteiger partial charge in [0.1, 0.15) is 15.8 Å². The van der Waals surface area contributed by atoms with Gasteiger partial charge in [0.2, 0.25) is 0 Å². The maximum Gasteiger partial charge on any atom is 0.256 e. The van der Waals surface area contributed by atoms with E-state index >= 15 is 0 Å². The molecular weight excluding hydrogens is 388 g/mol. The Hall–Kier alpha value is -2.77. The molecule has 1 aliphatic heterocycles. The standard InChI is InChI=1S/C21H22N4OS2/c1-25-14-8-13-22-18(25)17(20(27)23-16-11-6-3-7-12-16)21(28)24-19(26)15-9-4-2-5-10-15/h2-7,9-12,22H,8,13-14H2,1H3,(H,23,27)(H,24,26,28)/b18-17-. The summed E-state index contributed by atoms with van der Waals surface area (Å²) in [6.07, 6.45) is 1.02. The highest BCUT2D eigenvalue weighted by atomic mass is 32.1. The van der Waals surface area contributed by atoms with Crippen molar-refractivity contribution >= 4 is 46.0 Å². The molecule has 28 heavy (non-hydrogen) atoms. The minimum Gasteiger partial charge on any atom is -0.371 e. The van der Waals surface area contributed by atoms with Gasteiger partial charge >= 0.3 is 0 Å². The van der Waals surface area contributed by atoms with E-state index in [0.717, 1.165) is 31.0 Å². The van der Waals surface area contributed by atoms with E-state index in [0.29, 0.717) is 21.1 Å². The van der Waals surface area contributed by atoms with Crippen LogP contribution in [0.15, 0.2) is 72.1 Å². The second kappa shape index (κ2) is 9.43.